The lowest BCUT2D eigenvalue weighted by Gasteiger charge is -2.07. The maximum absolute atomic E-state index is 11.7. The highest BCUT2D eigenvalue weighted by Crippen LogP contribution is 2.32. The Morgan fingerprint density at radius 2 is 2.05 bits per heavy atom. The van der Waals surface area contributed by atoms with E-state index in [4.69, 9.17) is 9.47 Å². The van der Waals surface area contributed by atoms with E-state index in [1.807, 2.05) is 24.3 Å². The number of thiophene rings is 1. The fourth-order valence-electron chi connectivity index (χ4n) is 2.23. The largest absolute Gasteiger partial charge is 0.454 e. The summed E-state index contributed by atoms with van der Waals surface area (Å²) < 4.78 is 10.6. The first kappa shape index (κ1) is 14.7. The van der Waals surface area contributed by atoms with Gasteiger partial charge in [0.05, 0.1) is 6.54 Å². The first-order valence-corrected chi connectivity index (χ1v) is 7.98. The van der Waals surface area contributed by atoms with E-state index in [1.165, 1.54) is 4.88 Å². The van der Waals surface area contributed by atoms with Crippen molar-refractivity contribution in [2.45, 2.75) is 19.9 Å². The Balaban J connectivity index is 1.40. The van der Waals surface area contributed by atoms with E-state index in [9.17, 15) is 4.79 Å². The molecule has 3 rings (SSSR count). The molecule has 116 valence electrons. The Kier molecular flexibility index (Phi) is 4.48. The van der Waals surface area contributed by atoms with Crippen LogP contribution in [0.4, 0.5) is 4.79 Å². The lowest BCUT2D eigenvalue weighted by molar-refractivity contribution is 0.174. The van der Waals surface area contributed by atoms with Crippen LogP contribution in [-0.2, 0) is 13.0 Å². The van der Waals surface area contributed by atoms with Crippen molar-refractivity contribution in [3.63, 3.8) is 0 Å². The molecular weight excluding hydrogens is 300 g/mol. The number of amides is 2. The Morgan fingerprint density at radius 3 is 2.86 bits per heavy atom. The van der Waals surface area contributed by atoms with Crippen molar-refractivity contribution in [2.24, 2.45) is 0 Å². The smallest absolute Gasteiger partial charge is 0.315 e. The summed E-state index contributed by atoms with van der Waals surface area (Å²) in [6.45, 7) is 3.48. The number of hydrogen-bond acceptors (Lipinski definition) is 4. The van der Waals surface area contributed by atoms with E-state index >= 15 is 0 Å². The molecule has 2 amide bonds. The average molecular weight is 318 g/mol. The van der Waals surface area contributed by atoms with E-state index in [-0.39, 0.29) is 12.8 Å². The number of urea groups is 1. The maximum atomic E-state index is 11.7. The number of fused-ring (bicyclic) bond motifs is 1. The standard InChI is InChI=1S/C16H18N2O3S/c1-11-2-4-13(22-11)9-18-16(19)17-7-6-12-3-5-14-15(8-12)21-10-20-14/h2-5,8H,6-7,9-10H2,1H3,(H2,17,18,19). The molecule has 0 radical (unpaired) electrons. The Labute approximate surface area is 133 Å². The number of benzene rings is 1. The van der Waals surface area contributed by atoms with Crippen molar-refractivity contribution in [3.8, 4) is 11.5 Å². The van der Waals surface area contributed by atoms with Crippen molar-refractivity contribution < 1.29 is 14.3 Å². The van der Waals surface area contributed by atoms with E-state index < -0.39 is 0 Å². The summed E-state index contributed by atoms with van der Waals surface area (Å²) in [5, 5.41) is 5.71. The van der Waals surface area contributed by atoms with Gasteiger partial charge in [-0.2, -0.15) is 0 Å². The van der Waals surface area contributed by atoms with Crippen molar-refractivity contribution >= 4 is 17.4 Å². The molecule has 1 aliphatic rings. The second-order valence-corrected chi connectivity index (χ2v) is 6.43. The van der Waals surface area contributed by atoms with Gasteiger partial charge in [-0.05, 0) is 43.2 Å². The number of ether oxygens (including phenoxy) is 2. The van der Waals surface area contributed by atoms with Crippen molar-refractivity contribution in [2.75, 3.05) is 13.3 Å². The summed E-state index contributed by atoms with van der Waals surface area (Å²) in [6.07, 6.45) is 0.752. The van der Waals surface area contributed by atoms with Crippen LogP contribution in [0.2, 0.25) is 0 Å². The van der Waals surface area contributed by atoms with E-state index in [1.54, 1.807) is 11.3 Å². The summed E-state index contributed by atoms with van der Waals surface area (Å²) in [7, 11) is 0. The zero-order valence-corrected chi connectivity index (χ0v) is 13.2. The van der Waals surface area contributed by atoms with Crippen LogP contribution in [0, 0.1) is 6.92 Å². The third kappa shape index (κ3) is 3.71. The van der Waals surface area contributed by atoms with Gasteiger partial charge in [-0.1, -0.05) is 6.07 Å². The van der Waals surface area contributed by atoms with Gasteiger partial charge < -0.3 is 20.1 Å². The molecule has 0 unspecified atom stereocenters. The minimum atomic E-state index is -0.146. The number of carbonyl (C=O) groups excluding carboxylic acids is 1. The maximum Gasteiger partial charge on any atom is 0.315 e. The molecule has 2 heterocycles. The monoisotopic (exact) mass is 318 g/mol. The van der Waals surface area contributed by atoms with Gasteiger partial charge >= 0.3 is 6.03 Å². The van der Waals surface area contributed by atoms with Gasteiger partial charge in [-0.15, -0.1) is 11.3 Å². The Bertz CT molecular complexity index is 669. The minimum absolute atomic E-state index is 0.146. The van der Waals surface area contributed by atoms with Gasteiger partial charge in [-0.25, -0.2) is 4.79 Å². The van der Waals surface area contributed by atoms with Gasteiger partial charge in [0.2, 0.25) is 6.79 Å². The second-order valence-electron chi connectivity index (χ2n) is 5.06. The SMILES string of the molecule is Cc1ccc(CNC(=O)NCCc2ccc3c(c2)OCO3)s1. The molecule has 0 fully saturated rings. The normalized spacial score (nSPS) is 12.2. The highest BCUT2D eigenvalue weighted by molar-refractivity contribution is 7.11. The van der Waals surface area contributed by atoms with Crippen LogP contribution in [0.15, 0.2) is 30.3 Å². The molecule has 1 aromatic carbocycles. The van der Waals surface area contributed by atoms with Crippen LogP contribution in [0.3, 0.4) is 0 Å². The second kappa shape index (κ2) is 6.70. The quantitative estimate of drug-likeness (QED) is 0.891. The molecule has 1 aromatic heterocycles. The summed E-state index contributed by atoms with van der Waals surface area (Å²) in [5.74, 6) is 1.55. The molecule has 0 spiro atoms. The molecule has 1 aliphatic heterocycles. The topological polar surface area (TPSA) is 59.6 Å². The molecule has 5 nitrogen and oxygen atoms in total. The predicted octanol–water partition coefficient (Wildman–Crippen LogP) is 2.83. The number of rotatable bonds is 5. The third-order valence-electron chi connectivity index (χ3n) is 3.36. The van der Waals surface area contributed by atoms with E-state index in [2.05, 4.69) is 23.6 Å². The summed E-state index contributed by atoms with van der Waals surface area (Å²) in [4.78, 5) is 14.1. The summed E-state index contributed by atoms with van der Waals surface area (Å²) in [6, 6.07) is 9.78. The van der Waals surface area contributed by atoms with Crippen LogP contribution in [0.5, 0.6) is 11.5 Å². The number of aryl methyl sites for hydroxylation is 1. The fraction of sp³-hybridized carbons (Fsp3) is 0.312. The minimum Gasteiger partial charge on any atom is -0.454 e. The molecule has 0 bridgehead atoms. The van der Waals surface area contributed by atoms with Gasteiger partial charge in [0, 0.05) is 16.3 Å². The lowest BCUT2D eigenvalue weighted by atomic mass is 10.1. The van der Waals surface area contributed by atoms with Crippen LogP contribution >= 0.6 is 11.3 Å². The van der Waals surface area contributed by atoms with Gasteiger partial charge in [0.15, 0.2) is 11.5 Å². The predicted molar refractivity (Wildman–Crippen MR) is 85.6 cm³/mol. The highest BCUT2D eigenvalue weighted by Gasteiger charge is 2.13. The molecule has 2 N–H and O–H groups in total. The third-order valence-corrected chi connectivity index (χ3v) is 4.36. The first-order chi connectivity index (χ1) is 10.7. The number of carbonyl (C=O) groups is 1. The van der Waals surface area contributed by atoms with Crippen molar-refractivity contribution in [1.29, 1.82) is 0 Å². The summed E-state index contributed by atoms with van der Waals surface area (Å²) in [5.41, 5.74) is 1.11. The molecule has 0 saturated carbocycles. The number of nitrogens with one attached hydrogen (secondary N) is 2. The first-order valence-electron chi connectivity index (χ1n) is 7.16. The lowest BCUT2D eigenvalue weighted by Crippen LogP contribution is -2.36. The molecule has 2 aromatic rings. The van der Waals surface area contributed by atoms with E-state index in [0.29, 0.717) is 13.1 Å². The van der Waals surface area contributed by atoms with Crippen molar-refractivity contribution in [3.05, 3.63) is 45.6 Å². The molecule has 6 heteroatoms. The van der Waals surface area contributed by atoms with Gasteiger partial charge in [0.1, 0.15) is 0 Å². The summed E-state index contributed by atoms with van der Waals surface area (Å²) >= 11 is 1.69. The van der Waals surface area contributed by atoms with Crippen LogP contribution in [0.1, 0.15) is 15.3 Å². The fourth-order valence-corrected chi connectivity index (χ4v) is 3.06. The zero-order valence-electron chi connectivity index (χ0n) is 12.3. The average Bonchev–Trinajstić information content (AvgIpc) is 3.13. The number of hydrogen-bond donors (Lipinski definition) is 2. The Hall–Kier alpha value is -2.21. The molecule has 0 atom stereocenters. The molecular formula is C16H18N2O3S. The van der Waals surface area contributed by atoms with Gasteiger partial charge in [-0.3, -0.25) is 0 Å². The molecule has 0 saturated heterocycles. The van der Waals surface area contributed by atoms with Crippen molar-refractivity contribution in [1.82, 2.24) is 10.6 Å². The molecule has 22 heavy (non-hydrogen) atoms. The van der Waals surface area contributed by atoms with Crippen LogP contribution in [-0.4, -0.2) is 19.4 Å². The zero-order chi connectivity index (χ0) is 15.4. The van der Waals surface area contributed by atoms with E-state index in [0.717, 1.165) is 28.4 Å². The molecule has 0 aliphatic carbocycles. The highest BCUT2D eigenvalue weighted by atomic mass is 32.1. The van der Waals surface area contributed by atoms with Crippen LogP contribution < -0.4 is 20.1 Å². The van der Waals surface area contributed by atoms with Gasteiger partial charge in [0.25, 0.3) is 0 Å². The Morgan fingerprint density at radius 1 is 1.18 bits per heavy atom. The van der Waals surface area contributed by atoms with Crippen LogP contribution in [0.25, 0.3) is 0 Å².